The number of rotatable bonds is 6. The van der Waals surface area contributed by atoms with Crippen LogP contribution in [0.25, 0.3) is 6.08 Å². The van der Waals surface area contributed by atoms with E-state index in [-0.39, 0.29) is 5.91 Å². The molecule has 0 saturated carbocycles. The van der Waals surface area contributed by atoms with Crippen molar-refractivity contribution in [3.63, 3.8) is 0 Å². The van der Waals surface area contributed by atoms with Crippen molar-refractivity contribution >= 4 is 51.6 Å². The van der Waals surface area contributed by atoms with Crippen molar-refractivity contribution < 1.29 is 4.79 Å². The number of nitrogens with one attached hydrogen (secondary N) is 2. The lowest BCUT2D eigenvalue weighted by molar-refractivity contribution is -0.111. The van der Waals surface area contributed by atoms with Gasteiger partial charge >= 0.3 is 0 Å². The standard InChI is InChI=1S/C22H20IN3O/c23-18-4-3-5-19(14-18)25-15-17-10-8-16(9-11-17)12-13-22(27)26-21-7-2-1-6-20(21)24/h1-14,25H,15,24H2,(H,26,27)/b13-12-. The van der Waals surface area contributed by atoms with Crippen LogP contribution in [0.4, 0.5) is 17.1 Å². The first-order chi connectivity index (χ1) is 13.1. The molecule has 4 N–H and O–H groups in total. The lowest BCUT2D eigenvalue weighted by atomic mass is 10.1. The van der Waals surface area contributed by atoms with E-state index in [0.29, 0.717) is 11.4 Å². The van der Waals surface area contributed by atoms with Crippen molar-refractivity contribution in [2.45, 2.75) is 6.54 Å². The quantitative estimate of drug-likeness (QED) is 0.266. The van der Waals surface area contributed by atoms with E-state index >= 15 is 0 Å². The fourth-order valence-electron chi connectivity index (χ4n) is 2.51. The number of carbonyl (C=O) groups is 1. The third-order valence-corrected chi connectivity index (χ3v) is 4.62. The van der Waals surface area contributed by atoms with E-state index in [1.807, 2.05) is 42.5 Å². The second kappa shape index (κ2) is 9.23. The zero-order valence-corrected chi connectivity index (χ0v) is 16.8. The number of nitrogen functional groups attached to an aromatic ring is 1. The van der Waals surface area contributed by atoms with Crippen molar-refractivity contribution in [1.82, 2.24) is 0 Å². The predicted octanol–water partition coefficient (Wildman–Crippen LogP) is 5.14. The minimum atomic E-state index is -0.211. The van der Waals surface area contributed by atoms with Gasteiger partial charge in [-0.3, -0.25) is 4.79 Å². The Morgan fingerprint density at radius 1 is 1.00 bits per heavy atom. The third-order valence-electron chi connectivity index (χ3n) is 3.95. The molecule has 0 aliphatic carbocycles. The first-order valence-electron chi connectivity index (χ1n) is 8.52. The molecular formula is C22H20IN3O. The molecule has 3 aromatic rings. The van der Waals surface area contributed by atoms with Crippen LogP contribution in [0.2, 0.25) is 0 Å². The van der Waals surface area contributed by atoms with Crippen LogP contribution in [0.3, 0.4) is 0 Å². The Labute approximate surface area is 172 Å². The van der Waals surface area contributed by atoms with Crippen LogP contribution in [0, 0.1) is 3.57 Å². The average molecular weight is 469 g/mol. The molecule has 5 heteroatoms. The lowest BCUT2D eigenvalue weighted by Crippen LogP contribution is -2.09. The Kier molecular flexibility index (Phi) is 6.49. The zero-order chi connectivity index (χ0) is 19.1. The van der Waals surface area contributed by atoms with Gasteiger partial charge < -0.3 is 16.4 Å². The minimum absolute atomic E-state index is 0.211. The van der Waals surface area contributed by atoms with Crippen molar-refractivity contribution in [2.75, 3.05) is 16.4 Å². The molecule has 0 aliphatic rings. The average Bonchev–Trinajstić information content (AvgIpc) is 2.67. The maximum atomic E-state index is 12.0. The van der Waals surface area contributed by atoms with E-state index in [1.165, 1.54) is 15.2 Å². The maximum absolute atomic E-state index is 12.0. The van der Waals surface area contributed by atoms with Gasteiger partial charge in [-0.2, -0.15) is 0 Å². The zero-order valence-electron chi connectivity index (χ0n) is 14.7. The molecule has 3 aromatic carbocycles. The normalized spacial score (nSPS) is 10.7. The van der Waals surface area contributed by atoms with Gasteiger partial charge in [0.25, 0.3) is 0 Å². The Hall–Kier alpha value is -2.80. The summed E-state index contributed by atoms with van der Waals surface area (Å²) >= 11 is 2.30. The van der Waals surface area contributed by atoms with E-state index < -0.39 is 0 Å². The number of halogens is 1. The number of nitrogens with two attached hydrogens (primary N) is 1. The predicted molar refractivity (Wildman–Crippen MR) is 121 cm³/mol. The fourth-order valence-corrected chi connectivity index (χ4v) is 3.05. The van der Waals surface area contributed by atoms with E-state index in [1.54, 1.807) is 18.2 Å². The van der Waals surface area contributed by atoms with Crippen LogP contribution in [0.1, 0.15) is 11.1 Å². The molecule has 0 radical (unpaired) electrons. The monoisotopic (exact) mass is 469 g/mol. The minimum Gasteiger partial charge on any atom is -0.397 e. The van der Waals surface area contributed by atoms with Gasteiger partial charge in [0.2, 0.25) is 5.91 Å². The van der Waals surface area contributed by atoms with Crippen LogP contribution >= 0.6 is 22.6 Å². The molecule has 0 bridgehead atoms. The molecule has 136 valence electrons. The summed E-state index contributed by atoms with van der Waals surface area (Å²) in [7, 11) is 0. The molecule has 0 spiro atoms. The Morgan fingerprint density at radius 3 is 2.52 bits per heavy atom. The number of para-hydroxylation sites is 2. The van der Waals surface area contributed by atoms with Gasteiger partial charge in [-0.25, -0.2) is 0 Å². The summed E-state index contributed by atoms with van der Waals surface area (Å²) in [6.45, 7) is 0.748. The molecule has 0 saturated heterocycles. The third kappa shape index (κ3) is 5.86. The van der Waals surface area contributed by atoms with Gasteiger partial charge in [0.15, 0.2) is 0 Å². The highest BCUT2D eigenvalue weighted by Gasteiger charge is 2.01. The van der Waals surface area contributed by atoms with E-state index in [2.05, 4.69) is 51.4 Å². The smallest absolute Gasteiger partial charge is 0.248 e. The van der Waals surface area contributed by atoms with Gasteiger partial charge in [-0.1, -0.05) is 42.5 Å². The van der Waals surface area contributed by atoms with Crippen LogP contribution in [-0.2, 0) is 11.3 Å². The number of hydrogen-bond acceptors (Lipinski definition) is 3. The number of anilines is 3. The second-order valence-electron chi connectivity index (χ2n) is 6.02. The molecule has 0 unspecified atom stereocenters. The highest BCUT2D eigenvalue weighted by molar-refractivity contribution is 14.1. The van der Waals surface area contributed by atoms with Gasteiger partial charge in [0.05, 0.1) is 11.4 Å². The molecule has 27 heavy (non-hydrogen) atoms. The van der Waals surface area contributed by atoms with Crippen molar-refractivity contribution in [1.29, 1.82) is 0 Å². The van der Waals surface area contributed by atoms with Crippen molar-refractivity contribution in [2.24, 2.45) is 0 Å². The van der Waals surface area contributed by atoms with E-state index in [4.69, 9.17) is 5.73 Å². The first-order valence-corrected chi connectivity index (χ1v) is 9.60. The first kappa shape index (κ1) is 19.0. The molecule has 0 aliphatic heterocycles. The summed E-state index contributed by atoms with van der Waals surface area (Å²) in [5.74, 6) is -0.211. The van der Waals surface area contributed by atoms with Crippen LogP contribution in [-0.4, -0.2) is 5.91 Å². The maximum Gasteiger partial charge on any atom is 0.248 e. The molecule has 0 aromatic heterocycles. The lowest BCUT2D eigenvalue weighted by Gasteiger charge is -2.07. The number of hydrogen-bond donors (Lipinski definition) is 3. The fraction of sp³-hybridized carbons (Fsp3) is 0.0455. The summed E-state index contributed by atoms with van der Waals surface area (Å²) in [6.07, 6.45) is 3.29. The Bertz CT molecular complexity index is 952. The molecule has 1 amide bonds. The van der Waals surface area contributed by atoms with Gasteiger partial charge in [0, 0.05) is 21.9 Å². The van der Waals surface area contributed by atoms with Gasteiger partial charge in [0.1, 0.15) is 0 Å². The van der Waals surface area contributed by atoms with Crippen LogP contribution < -0.4 is 16.4 Å². The van der Waals surface area contributed by atoms with Gasteiger partial charge in [-0.05, 0) is 70.1 Å². The molecule has 0 heterocycles. The number of carbonyl (C=O) groups excluding carboxylic acids is 1. The molecule has 0 fully saturated rings. The summed E-state index contributed by atoms with van der Waals surface area (Å²) in [5, 5.41) is 6.18. The van der Waals surface area contributed by atoms with Crippen molar-refractivity contribution in [3.05, 3.63) is 93.6 Å². The summed E-state index contributed by atoms with van der Waals surface area (Å²) < 4.78 is 1.20. The van der Waals surface area contributed by atoms with Crippen LogP contribution in [0.5, 0.6) is 0 Å². The second-order valence-corrected chi connectivity index (χ2v) is 7.26. The Balaban J connectivity index is 1.54. The Morgan fingerprint density at radius 2 is 1.78 bits per heavy atom. The molecule has 3 rings (SSSR count). The molecular weight excluding hydrogens is 449 g/mol. The van der Waals surface area contributed by atoms with Crippen molar-refractivity contribution in [3.8, 4) is 0 Å². The van der Waals surface area contributed by atoms with Crippen LogP contribution in [0.15, 0.2) is 78.9 Å². The van der Waals surface area contributed by atoms with E-state index in [0.717, 1.165) is 17.8 Å². The van der Waals surface area contributed by atoms with Gasteiger partial charge in [-0.15, -0.1) is 0 Å². The van der Waals surface area contributed by atoms with E-state index in [9.17, 15) is 4.79 Å². The summed E-state index contributed by atoms with van der Waals surface area (Å²) in [4.78, 5) is 12.0. The SMILES string of the molecule is Nc1ccccc1NC(=O)/C=C\c1ccc(CNc2cccc(I)c2)cc1. The summed E-state index contributed by atoms with van der Waals surface area (Å²) in [5.41, 5.74) is 10.2. The topological polar surface area (TPSA) is 67.1 Å². The number of benzene rings is 3. The summed E-state index contributed by atoms with van der Waals surface area (Å²) in [6, 6.07) is 23.5. The highest BCUT2D eigenvalue weighted by Crippen LogP contribution is 2.17. The number of amides is 1. The molecule has 4 nitrogen and oxygen atoms in total. The largest absolute Gasteiger partial charge is 0.397 e. The highest BCUT2D eigenvalue weighted by atomic mass is 127. The molecule has 0 atom stereocenters.